The minimum atomic E-state index is -1.01. The van der Waals surface area contributed by atoms with E-state index in [2.05, 4.69) is 0 Å². The molecule has 154 valence electrons. The fraction of sp³-hybridized carbons (Fsp3) is 0.571. The Bertz CT molecular complexity index is 665. The molecule has 28 heavy (non-hydrogen) atoms. The van der Waals surface area contributed by atoms with Gasteiger partial charge in [0.15, 0.2) is 5.78 Å². The standard InChI is InChI=1S/C21H31N3O4/c22-11-5-4-10-18(25)20(23)17-13-16(14-19(26)27)21(28)24(17)12-6-9-15-7-2-1-3-8-15/h1-3,7-8,16-17,20H,4-6,9-14,22-23H2,(H,26,27)/t16-,17-,20?/m0/s1. The highest BCUT2D eigenvalue weighted by molar-refractivity contribution is 5.89. The number of likely N-dealkylation sites (tertiary alicyclic amines) is 1. The number of benzene rings is 1. The Morgan fingerprint density at radius 3 is 2.54 bits per heavy atom. The van der Waals surface area contributed by atoms with Crippen molar-refractivity contribution in [2.45, 2.75) is 57.0 Å². The maximum absolute atomic E-state index is 12.8. The van der Waals surface area contributed by atoms with E-state index in [1.807, 2.05) is 30.3 Å². The van der Waals surface area contributed by atoms with Gasteiger partial charge in [0, 0.05) is 13.0 Å². The molecule has 3 atom stereocenters. The lowest BCUT2D eigenvalue weighted by atomic mass is 9.94. The molecule has 1 amide bonds. The average molecular weight is 389 g/mol. The average Bonchev–Trinajstić information content (AvgIpc) is 2.97. The highest BCUT2D eigenvalue weighted by Gasteiger charge is 2.44. The van der Waals surface area contributed by atoms with Gasteiger partial charge in [0.1, 0.15) is 0 Å². The van der Waals surface area contributed by atoms with Gasteiger partial charge in [0.2, 0.25) is 5.91 Å². The van der Waals surface area contributed by atoms with Crippen LogP contribution in [0.5, 0.6) is 0 Å². The van der Waals surface area contributed by atoms with E-state index in [4.69, 9.17) is 16.6 Å². The summed E-state index contributed by atoms with van der Waals surface area (Å²) in [5, 5.41) is 9.10. The van der Waals surface area contributed by atoms with Gasteiger partial charge in [-0.2, -0.15) is 0 Å². The minimum Gasteiger partial charge on any atom is -0.481 e. The number of Topliss-reactive ketones (excluding diaryl/α,β-unsaturated/α-hetero) is 1. The first-order chi connectivity index (χ1) is 13.4. The molecule has 0 radical (unpaired) electrons. The van der Waals surface area contributed by atoms with E-state index >= 15 is 0 Å². The molecule has 0 bridgehead atoms. The molecule has 7 heteroatoms. The number of aliphatic carboxylic acids is 1. The summed E-state index contributed by atoms with van der Waals surface area (Å²) in [6.07, 6.45) is 3.41. The lowest BCUT2D eigenvalue weighted by molar-refractivity contribution is -0.142. The SMILES string of the molecule is NCCCCC(=O)C(N)[C@@H]1C[C@@H](CC(=O)O)C(=O)N1CCCc1ccccc1. The smallest absolute Gasteiger partial charge is 0.304 e. The van der Waals surface area contributed by atoms with Crippen LogP contribution < -0.4 is 11.5 Å². The van der Waals surface area contributed by atoms with Crippen molar-refractivity contribution in [3.8, 4) is 0 Å². The predicted molar refractivity (Wildman–Crippen MR) is 107 cm³/mol. The van der Waals surface area contributed by atoms with Gasteiger partial charge >= 0.3 is 5.97 Å². The molecular weight excluding hydrogens is 358 g/mol. The number of hydrogen-bond acceptors (Lipinski definition) is 5. The molecular formula is C21H31N3O4. The van der Waals surface area contributed by atoms with E-state index in [0.717, 1.165) is 19.3 Å². The summed E-state index contributed by atoms with van der Waals surface area (Å²) in [5.41, 5.74) is 12.9. The van der Waals surface area contributed by atoms with Gasteiger partial charge in [0.05, 0.1) is 24.4 Å². The number of carbonyl (C=O) groups excluding carboxylic acids is 2. The first kappa shape index (κ1) is 22.0. The summed E-state index contributed by atoms with van der Waals surface area (Å²) in [4.78, 5) is 38.0. The third-order valence-electron chi connectivity index (χ3n) is 5.35. The zero-order valence-electron chi connectivity index (χ0n) is 16.3. The van der Waals surface area contributed by atoms with Crippen LogP contribution in [0, 0.1) is 5.92 Å². The first-order valence-corrected chi connectivity index (χ1v) is 9.98. The quantitative estimate of drug-likeness (QED) is 0.463. The number of amides is 1. The van der Waals surface area contributed by atoms with Crippen molar-refractivity contribution in [2.24, 2.45) is 17.4 Å². The molecule has 1 aromatic carbocycles. The molecule has 2 rings (SSSR count). The summed E-state index contributed by atoms with van der Waals surface area (Å²) >= 11 is 0. The van der Waals surface area contributed by atoms with Crippen molar-refractivity contribution in [2.75, 3.05) is 13.1 Å². The Balaban J connectivity index is 2.02. The second-order valence-electron chi connectivity index (χ2n) is 7.46. The number of ketones is 1. The molecule has 1 heterocycles. The molecule has 1 fully saturated rings. The van der Waals surface area contributed by atoms with Crippen molar-refractivity contribution in [1.82, 2.24) is 4.90 Å². The number of aryl methyl sites for hydroxylation is 1. The molecule has 1 unspecified atom stereocenters. The van der Waals surface area contributed by atoms with Crippen LogP contribution in [0.2, 0.25) is 0 Å². The van der Waals surface area contributed by atoms with Crippen LogP contribution in [-0.4, -0.2) is 52.8 Å². The van der Waals surface area contributed by atoms with E-state index < -0.39 is 24.0 Å². The summed E-state index contributed by atoms with van der Waals surface area (Å²) in [6, 6.07) is 8.74. The van der Waals surface area contributed by atoms with E-state index in [9.17, 15) is 14.4 Å². The number of carbonyl (C=O) groups is 3. The fourth-order valence-electron chi connectivity index (χ4n) is 3.84. The zero-order valence-corrected chi connectivity index (χ0v) is 16.3. The number of carboxylic acid groups (broad SMARTS) is 1. The topological polar surface area (TPSA) is 127 Å². The molecule has 7 nitrogen and oxygen atoms in total. The van der Waals surface area contributed by atoms with Crippen LogP contribution in [-0.2, 0) is 20.8 Å². The highest BCUT2D eigenvalue weighted by Crippen LogP contribution is 2.30. The van der Waals surface area contributed by atoms with Crippen LogP contribution in [0.15, 0.2) is 30.3 Å². The number of nitrogens with zero attached hydrogens (tertiary/aromatic N) is 1. The normalized spacial score (nSPS) is 20.4. The van der Waals surface area contributed by atoms with Crippen molar-refractivity contribution in [3.05, 3.63) is 35.9 Å². The highest BCUT2D eigenvalue weighted by atomic mass is 16.4. The molecule has 5 N–H and O–H groups in total. The fourth-order valence-corrected chi connectivity index (χ4v) is 3.84. The monoisotopic (exact) mass is 389 g/mol. The van der Waals surface area contributed by atoms with Crippen LogP contribution >= 0.6 is 0 Å². The van der Waals surface area contributed by atoms with Crippen LogP contribution in [0.4, 0.5) is 0 Å². The molecule has 1 saturated heterocycles. The predicted octanol–water partition coefficient (Wildman–Crippen LogP) is 1.34. The number of hydrogen-bond donors (Lipinski definition) is 3. The Morgan fingerprint density at radius 2 is 1.89 bits per heavy atom. The number of carboxylic acids is 1. The summed E-state index contributed by atoms with van der Waals surface area (Å²) in [5.74, 6) is -1.91. The molecule has 0 aromatic heterocycles. The summed E-state index contributed by atoms with van der Waals surface area (Å²) in [7, 11) is 0. The number of rotatable bonds is 12. The molecule has 1 aromatic rings. The van der Waals surface area contributed by atoms with Crippen LogP contribution in [0.25, 0.3) is 0 Å². The van der Waals surface area contributed by atoms with Gasteiger partial charge in [-0.15, -0.1) is 0 Å². The molecule has 0 spiro atoms. The van der Waals surface area contributed by atoms with Gasteiger partial charge in [0.25, 0.3) is 0 Å². The van der Waals surface area contributed by atoms with Gasteiger partial charge < -0.3 is 21.5 Å². The maximum atomic E-state index is 12.8. The van der Waals surface area contributed by atoms with Gasteiger partial charge in [-0.1, -0.05) is 30.3 Å². The molecule has 1 aliphatic heterocycles. The summed E-state index contributed by atoms with van der Waals surface area (Å²) < 4.78 is 0. The second-order valence-corrected chi connectivity index (χ2v) is 7.46. The Morgan fingerprint density at radius 1 is 1.18 bits per heavy atom. The second kappa shape index (κ2) is 10.9. The summed E-state index contributed by atoms with van der Waals surface area (Å²) in [6.45, 7) is 0.995. The van der Waals surface area contributed by atoms with Gasteiger partial charge in [-0.25, -0.2) is 0 Å². The third-order valence-corrected chi connectivity index (χ3v) is 5.35. The Labute approximate surface area is 166 Å². The van der Waals surface area contributed by atoms with Crippen molar-refractivity contribution >= 4 is 17.7 Å². The lowest BCUT2D eigenvalue weighted by Crippen LogP contribution is -2.50. The van der Waals surface area contributed by atoms with E-state index in [1.165, 1.54) is 5.56 Å². The minimum absolute atomic E-state index is 0.0877. The van der Waals surface area contributed by atoms with E-state index in [0.29, 0.717) is 32.4 Å². The third kappa shape index (κ3) is 6.14. The van der Waals surface area contributed by atoms with Crippen molar-refractivity contribution in [3.63, 3.8) is 0 Å². The molecule has 0 aliphatic carbocycles. The Hall–Kier alpha value is -2.25. The number of nitrogens with two attached hydrogens (primary N) is 2. The zero-order chi connectivity index (χ0) is 20.5. The Kier molecular flexibility index (Phi) is 8.60. The van der Waals surface area contributed by atoms with E-state index in [1.54, 1.807) is 4.90 Å². The van der Waals surface area contributed by atoms with Crippen molar-refractivity contribution in [1.29, 1.82) is 0 Å². The molecule has 0 saturated carbocycles. The van der Waals surface area contributed by atoms with Crippen LogP contribution in [0.3, 0.4) is 0 Å². The van der Waals surface area contributed by atoms with Crippen molar-refractivity contribution < 1.29 is 19.5 Å². The largest absolute Gasteiger partial charge is 0.481 e. The first-order valence-electron chi connectivity index (χ1n) is 9.98. The van der Waals surface area contributed by atoms with Gasteiger partial charge in [-0.3, -0.25) is 14.4 Å². The lowest BCUT2D eigenvalue weighted by Gasteiger charge is -2.29. The number of unbranched alkanes of at least 4 members (excludes halogenated alkanes) is 1. The maximum Gasteiger partial charge on any atom is 0.304 e. The van der Waals surface area contributed by atoms with E-state index in [-0.39, 0.29) is 18.1 Å². The van der Waals surface area contributed by atoms with Gasteiger partial charge in [-0.05, 0) is 44.2 Å². The molecule has 1 aliphatic rings. The van der Waals surface area contributed by atoms with Crippen LogP contribution in [0.1, 0.15) is 44.1 Å².